The molecule has 3 nitrogen and oxygen atoms in total. The Kier molecular flexibility index (Phi) is 3.34. The van der Waals surface area contributed by atoms with E-state index in [0.29, 0.717) is 0 Å². The number of nitrogens with zero attached hydrogens (tertiary/aromatic N) is 1. The number of nitriles is 1. The van der Waals surface area contributed by atoms with Gasteiger partial charge in [-0.2, -0.15) is 5.26 Å². The van der Waals surface area contributed by atoms with E-state index in [1.807, 2.05) is 0 Å². The van der Waals surface area contributed by atoms with Crippen LogP contribution >= 0.6 is 0 Å². The summed E-state index contributed by atoms with van der Waals surface area (Å²) in [4.78, 5) is 11.3. The van der Waals surface area contributed by atoms with E-state index >= 15 is 0 Å². The fourth-order valence-electron chi connectivity index (χ4n) is 1.07. The molecule has 78 valence electrons. The second-order valence-corrected chi connectivity index (χ2v) is 2.89. The first-order valence-electron chi connectivity index (χ1n) is 4.17. The number of benzene rings is 1. The van der Waals surface area contributed by atoms with Crippen molar-refractivity contribution in [2.75, 3.05) is 6.54 Å². The van der Waals surface area contributed by atoms with Crippen LogP contribution in [0.2, 0.25) is 0 Å². The highest BCUT2D eigenvalue weighted by Crippen LogP contribution is 2.15. The zero-order valence-corrected chi connectivity index (χ0v) is 7.97. The van der Waals surface area contributed by atoms with Crippen LogP contribution in [0.15, 0.2) is 12.1 Å². The summed E-state index contributed by atoms with van der Waals surface area (Å²) in [5.74, 6) is -2.76. The van der Waals surface area contributed by atoms with Gasteiger partial charge >= 0.3 is 0 Å². The minimum absolute atomic E-state index is 0.179. The minimum Gasteiger partial charge on any atom is -0.339 e. The van der Waals surface area contributed by atoms with Gasteiger partial charge in [0.15, 0.2) is 0 Å². The van der Waals surface area contributed by atoms with E-state index in [0.717, 1.165) is 6.07 Å². The predicted molar refractivity (Wildman–Crippen MR) is 49.0 cm³/mol. The second-order valence-electron chi connectivity index (χ2n) is 2.89. The van der Waals surface area contributed by atoms with Crippen LogP contribution in [0.3, 0.4) is 0 Å². The molecule has 1 aromatic carbocycles. The summed E-state index contributed by atoms with van der Waals surface area (Å²) in [5.41, 5.74) is -0.469. The van der Waals surface area contributed by atoms with Crippen LogP contribution in [0.4, 0.5) is 8.78 Å². The van der Waals surface area contributed by atoms with Gasteiger partial charge in [-0.3, -0.25) is 4.79 Å². The summed E-state index contributed by atoms with van der Waals surface area (Å²) in [6.07, 6.45) is 0. The molecule has 0 fully saturated rings. The smallest absolute Gasteiger partial charge is 0.258 e. The van der Waals surface area contributed by atoms with Gasteiger partial charge in [0.1, 0.15) is 23.7 Å². The maximum absolute atomic E-state index is 13.4. The number of hydrogen-bond acceptors (Lipinski definition) is 2. The molecule has 1 rings (SSSR count). The Labute approximate surface area is 85.3 Å². The Bertz CT molecular complexity index is 438. The van der Waals surface area contributed by atoms with Crippen molar-refractivity contribution in [3.05, 3.63) is 34.9 Å². The van der Waals surface area contributed by atoms with E-state index in [4.69, 9.17) is 5.26 Å². The monoisotopic (exact) mass is 210 g/mol. The second kappa shape index (κ2) is 4.51. The highest BCUT2D eigenvalue weighted by atomic mass is 19.1. The molecule has 0 aromatic heterocycles. The van der Waals surface area contributed by atoms with E-state index < -0.39 is 23.1 Å². The molecule has 0 aliphatic heterocycles. The van der Waals surface area contributed by atoms with Crippen molar-refractivity contribution in [1.29, 1.82) is 5.26 Å². The molecule has 5 heteroatoms. The van der Waals surface area contributed by atoms with E-state index in [2.05, 4.69) is 5.32 Å². The van der Waals surface area contributed by atoms with Gasteiger partial charge in [0.25, 0.3) is 5.91 Å². The van der Waals surface area contributed by atoms with E-state index in [9.17, 15) is 13.6 Å². The molecular formula is C10H8F2N2O. The number of rotatable bonds is 2. The third-order valence-electron chi connectivity index (χ3n) is 1.84. The first-order valence-corrected chi connectivity index (χ1v) is 4.17. The highest BCUT2D eigenvalue weighted by molar-refractivity contribution is 5.95. The van der Waals surface area contributed by atoms with Crippen LogP contribution in [0, 0.1) is 29.9 Å². The molecule has 0 saturated heterocycles. The summed E-state index contributed by atoms with van der Waals surface area (Å²) in [6.45, 7) is 1.14. The van der Waals surface area contributed by atoms with E-state index in [-0.39, 0.29) is 12.1 Å². The van der Waals surface area contributed by atoms with E-state index in [1.54, 1.807) is 6.07 Å². The zero-order chi connectivity index (χ0) is 11.4. The van der Waals surface area contributed by atoms with Gasteiger partial charge in [-0.05, 0) is 18.6 Å². The molecule has 0 aliphatic carbocycles. The lowest BCUT2D eigenvalue weighted by atomic mass is 10.1. The summed E-state index contributed by atoms with van der Waals surface area (Å²) < 4.78 is 26.5. The molecule has 1 amide bonds. The molecule has 0 radical (unpaired) electrons. The fourth-order valence-corrected chi connectivity index (χ4v) is 1.07. The maximum Gasteiger partial charge on any atom is 0.258 e. The van der Waals surface area contributed by atoms with Crippen molar-refractivity contribution in [2.45, 2.75) is 6.92 Å². The number of nitrogens with one attached hydrogen (secondary N) is 1. The number of aryl methyl sites for hydroxylation is 1. The van der Waals surface area contributed by atoms with Crippen molar-refractivity contribution in [3.8, 4) is 6.07 Å². The number of hydrogen-bond donors (Lipinski definition) is 1. The Balaban J connectivity index is 3.08. The minimum atomic E-state index is -0.937. The van der Waals surface area contributed by atoms with Crippen LogP contribution in [-0.2, 0) is 0 Å². The standard InChI is InChI=1S/C10H8F2N2O/c1-6-2-3-7(11)8(9(6)12)10(15)14-5-4-13/h2-3H,5H2,1H3,(H,14,15). The van der Waals surface area contributed by atoms with Gasteiger partial charge in [-0.25, -0.2) is 8.78 Å². The van der Waals surface area contributed by atoms with Gasteiger partial charge in [0.05, 0.1) is 6.07 Å². The van der Waals surface area contributed by atoms with Crippen LogP contribution in [-0.4, -0.2) is 12.5 Å². The Morgan fingerprint density at radius 2 is 2.20 bits per heavy atom. The normalized spacial score (nSPS) is 9.47. The van der Waals surface area contributed by atoms with E-state index in [1.165, 1.54) is 13.0 Å². The Hall–Kier alpha value is -1.96. The molecule has 0 bridgehead atoms. The molecule has 0 aliphatic rings. The van der Waals surface area contributed by atoms with Crippen molar-refractivity contribution in [3.63, 3.8) is 0 Å². The third-order valence-corrected chi connectivity index (χ3v) is 1.84. The molecular weight excluding hydrogens is 202 g/mol. The quantitative estimate of drug-likeness (QED) is 0.752. The van der Waals surface area contributed by atoms with Crippen LogP contribution < -0.4 is 5.32 Å². The molecule has 0 spiro atoms. The van der Waals surface area contributed by atoms with Crippen LogP contribution in [0.1, 0.15) is 15.9 Å². The van der Waals surface area contributed by atoms with Gasteiger partial charge in [-0.1, -0.05) is 6.07 Å². The SMILES string of the molecule is Cc1ccc(F)c(C(=O)NCC#N)c1F. The topological polar surface area (TPSA) is 52.9 Å². The molecule has 0 saturated carbocycles. The van der Waals surface area contributed by atoms with Crippen molar-refractivity contribution in [2.24, 2.45) is 0 Å². The molecule has 0 atom stereocenters. The maximum atomic E-state index is 13.4. The molecule has 15 heavy (non-hydrogen) atoms. The summed E-state index contributed by atoms with van der Waals surface area (Å²) in [6, 6.07) is 3.90. The fraction of sp³-hybridized carbons (Fsp3) is 0.200. The average Bonchev–Trinajstić information content (AvgIpc) is 2.21. The highest BCUT2D eigenvalue weighted by Gasteiger charge is 2.18. The third kappa shape index (κ3) is 2.29. The number of carbonyl (C=O) groups excluding carboxylic acids is 1. The molecule has 1 N–H and O–H groups in total. The average molecular weight is 210 g/mol. The molecule has 1 aromatic rings. The predicted octanol–water partition coefficient (Wildman–Crippen LogP) is 1.53. The summed E-state index contributed by atoms with van der Waals surface area (Å²) in [7, 11) is 0. The largest absolute Gasteiger partial charge is 0.339 e. The first-order chi connectivity index (χ1) is 7.07. The first kappa shape index (κ1) is 11.1. The number of halogens is 2. The Morgan fingerprint density at radius 3 is 2.80 bits per heavy atom. The molecule has 0 unspecified atom stereocenters. The van der Waals surface area contributed by atoms with Crippen molar-refractivity contribution < 1.29 is 13.6 Å². The number of carbonyl (C=O) groups is 1. The summed E-state index contributed by atoms with van der Waals surface area (Å²) in [5, 5.41) is 10.3. The molecule has 0 heterocycles. The lowest BCUT2D eigenvalue weighted by molar-refractivity contribution is 0.0950. The Morgan fingerprint density at radius 1 is 1.53 bits per heavy atom. The van der Waals surface area contributed by atoms with Crippen molar-refractivity contribution in [1.82, 2.24) is 5.32 Å². The number of amides is 1. The van der Waals surface area contributed by atoms with Gasteiger partial charge in [0, 0.05) is 0 Å². The summed E-state index contributed by atoms with van der Waals surface area (Å²) >= 11 is 0. The van der Waals surface area contributed by atoms with Crippen LogP contribution in [0.5, 0.6) is 0 Å². The van der Waals surface area contributed by atoms with Crippen LogP contribution in [0.25, 0.3) is 0 Å². The lowest BCUT2D eigenvalue weighted by Gasteiger charge is -2.05. The van der Waals surface area contributed by atoms with Gasteiger partial charge < -0.3 is 5.32 Å². The zero-order valence-electron chi connectivity index (χ0n) is 7.97. The van der Waals surface area contributed by atoms with Gasteiger partial charge in [0.2, 0.25) is 0 Å². The lowest BCUT2D eigenvalue weighted by Crippen LogP contribution is -2.26. The van der Waals surface area contributed by atoms with Gasteiger partial charge in [-0.15, -0.1) is 0 Å². The van der Waals surface area contributed by atoms with Crippen molar-refractivity contribution >= 4 is 5.91 Å².